The lowest BCUT2D eigenvalue weighted by Crippen LogP contribution is -2.03. The molecule has 2 aromatic rings. The molecule has 0 aliphatic heterocycles. The molecule has 2 rings (SSSR count). The molecule has 0 atom stereocenters. The van der Waals surface area contributed by atoms with Crippen molar-refractivity contribution < 1.29 is 0 Å². The molecule has 3 nitrogen and oxygen atoms in total. The summed E-state index contributed by atoms with van der Waals surface area (Å²) in [5.41, 5.74) is 11.2. The van der Waals surface area contributed by atoms with E-state index in [2.05, 4.69) is 34.9 Å². The molecule has 0 saturated carbocycles. The zero-order chi connectivity index (χ0) is 12.6. The number of nitrogen functional groups attached to an aromatic ring is 1. The van der Waals surface area contributed by atoms with E-state index in [0.29, 0.717) is 0 Å². The first kappa shape index (κ1) is 12.2. The van der Waals surface area contributed by atoms with Gasteiger partial charge in [-0.05, 0) is 44.0 Å². The third kappa shape index (κ3) is 2.09. The Hall–Kier alpha value is -1.29. The van der Waals surface area contributed by atoms with Gasteiger partial charge in [0.15, 0.2) is 0 Å². The standard InChI is InChI=1S/C13H16BrN3/c1-4-11-8(2)16-17(9(11)3)13-6-5-10(14)7-12(13)15/h5-7H,4,15H2,1-3H3. The van der Waals surface area contributed by atoms with Gasteiger partial charge in [0.1, 0.15) is 0 Å². The van der Waals surface area contributed by atoms with Gasteiger partial charge in [0.25, 0.3) is 0 Å². The van der Waals surface area contributed by atoms with Crippen LogP contribution in [0.2, 0.25) is 0 Å². The van der Waals surface area contributed by atoms with Gasteiger partial charge in [0, 0.05) is 10.2 Å². The maximum atomic E-state index is 6.03. The molecule has 0 aliphatic carbocycles. The van der Waals surface area contributed by atoms with Crippen molar-refractivity contribution in [1.82, 2.24) is 9.78 Å². The molecule has 90 valence electrons. The van der Waals surface area contributed by atoms with E-state index < -0.39 is 0 Å². The van der Waals surface area contributed by atoms with Crippen molar-refractivity contribution in [2.24, 2.45) is 0 Å². The SMILES string of the molecule is CCc1c(C)nn(-c2ccc(Br)cc2N)c1C. The average molecular weight is 294 g/mol. The number of benzene rings is 1. The molecular weight excluding hydrogens is 278 g/mol. The number of anilines is 1. The quantitative estimate of drug-likeness (QED) is 0.863. The maximum Gasteiger partial charge on any atom is 0.0878 e. The third-order valence-electron chi connectivity index (χ3n) is 3.01. The molecule has 2 N–H and O–H groups in total. The zero-order valence-electron chi connectivity index (χ0n) is 10.3. The normalized spacial score (nSPS) is 10.8. The van der Waals surface area contributed by atoms with Gasteiger partial charge in [-0.1, -0.05) is 22.9 Å². The largest absolute Gasteiger partial charge is 0.397 e. The van der Waals surface area contributed by atoms with Crippen LogP contribution in [0.4, 0.5) is 5.69 Å². The zero-order valence-corrected chi connectivity index (χ0v) is 11.9. The van der Waals surface area contributed by atoms with Crippen LogP contribution in [0.1, 0.15) is 23.9 Å². The molecule has 0 aliphatic rings. The van der Waals surface area contributed by atoms with E-state index in [1.54, 1.807) is 0 Å². The fourth-order valence-electron chi connectivity index (χ4n) is 2.14. The fraction of sp³-hybridized carbons (Fsp3) is 0.308. The minimum atomic E-state index is 0.729. The fourth-order valence-corrected chi connectivity index (χ4v) is 2.52. The number of hydrogen-bond donors (Lipinski definition) is 1. The van der Waals surface area contributed by atoms with Crippen LogP contribution in [0.5, 0.6) is 0 Å². The van der Waals surface area contributed by atoms with Crippen molar-refractivity contribution in [2.45, 2.75) is 27.2 Å². The Morgan fingerprint density at radius 2 is 2.06 bits per heavy atom. The molecule has 0 bridgehead atoms. The maximum absolute atomic E-state index is 6.03. The Bertz CT molecular complexity index is 558. The van der Waals surface area contributed by atoms with Gasteiger partial charge in [-0.2, -0.15) is 5.10 Å². The Balaban J connectivity index is 2.61. The summed E-state index contributed by atoms with van der Waals surface area (Å²) in [5, 5.41) is 4.56. The van der Waals surface area contributed by atoms with Crippen molar-refractivity contribution in [3.8, 4) is 5.69 Å². The van der Waals surface area contributed by atoms with E-state index in [4.69, 9.17) is 5.73 Å². The summed E-state index contributed by atoms with van der Waals surface area (Å²) >= 11 is 3.41. The molecule has 0 unspecified atom stereocenters. The molecule has 0 radical (unpaired) electrons. The van der Waals surface area contributed by atoms with Gasteiger partial charge in [-0.3, -0.25) is 0 Å². The number of hydrogen-bond acceptors (Lipinski definition) is 2. The van der Waals surface area contributed by atoms with Crippen LogP contribution in [0.3, 0.4) is 0 Å². The smallest absolute Gasteiger partial charge is 0.0878 e. The molecule has 17 heavy (non-hydrogen) atoms. The van der Waals surface area contributed by atoms with Crippen molar-refractivity contribution in [1.29, 1.82) is 0 Å². The van der Waals surface area contributed by atoms with Crippen molar-refractivity contribution >= 4 is 21.6 Å². The van der Waals surface area contributed by atoms with Gasteiger partial charge >= 0.3 is 0 Å². The summed E-state index contributed by atoms with van der Waals surface area (Å²) in [5.74, 6) is 0. The predicted molar refractivity (Wildman–Crippen MR) is 74.5 cm³/mol. The molecule has 1 aromatic carbocycles. The van der Waals surface area contributed by atoms with Gasteiger partial charge in [-0.25, -0.2) is 4.68 Å². The van der Waals surface area contributed by atoms with E-state index >= 15 is 0 Å². The van der Waals surface area contributed by atoms with Crippen LogP contribution in [-0.2, 0) is 6.42 Å². The molecule has 0 spiro atoms. The highest BCUT2D eigenvalue weighted by Crippen LogP contribution is 2.25. The van der Waals surface area contributed by atoms with Crippen LogP contribution >= 0.6 is 15.9 Å². The molecule has 1 aromatic heterocycles. The summed E-state index contributed by atoms with van der Waals surface area (Å²) in [4.78, 5) is 0. The Morgan fingerprint density at radius 3 is 2.59 bits per heavy atom. The van der Waals surface area contributed by atoms with Crippen LogP contribution in [-0.4, -0.2) is 9.78 Å². The van der Waals surface area contributed by atoms with Crippen molar-refractivity contribution in [2.75, 3.05) is 5.73 Å². The predicted octanol–water partition coefficient (Wildman–Crippen LogP) is 3.40. The van der Waals surface area contributed by atoms with E-state index in [0.717, 1.165) is 28.0 Å². The number of rotatable bonds is 2. The third-order valence-corrected chi connectivity index (χ3v) is 3.51. The van der Waals surface area contributed by atoms with Gasteiger partial charge in [-0.15, -0.1) is 0 Å². The Labute approximate surface area is 110 Å². The van der Waals surface area contributed by atoms with E-state index in [-0.39, 0.29) is 0 Å². The first-order valence-corrected chi connectivity index (χ1v) is 6.44. The molecule has 4 heteroatoms. The highest BCUT2D eigenvalue weighted by molar-refractivity contribution is 9.10. The second kappa shape index (κ2) is 4.53. The summed E-state index contributed by atoms with van der Waals surface area (Å²) < 4.78 is 2.91. The summed E-state index contributed by atoms with van der Waals surface area (Å²) in [7, 11) is 0. The minimum absolute atomic E-state index is 0.729. The summed E-state index contributed by atoms with van der Waals surface area (Å²) in [6, 6.07) is 5.86. The lowest BCUT2D eigenvalue weighted by atomic mass is 10.1. The second-order valence-electron chi connectivity index (χ2n) is 4.12. The van der Waals surface area contributed by atoms with E-state index in [1.807, 2.05) is 29.8 Å². The lowest BCUT2D eigenvalue weighted by molar-refractivity contribution is 0.834. The highest BCUT2D eigenvalue weighted by Gasteiger charge is 2.12. The van der Waals surface area contributed by atoms with Crippen molar-refractivity contribution in [3.63, 3.8) is 0 Å². The minimum Gasteiger partial charge on any atom is -0.397 e. The Kier molecular flexibility index (Phi) is 3.24. The lowest BCUT2D eigenvalue weighted by Gasteiger charge is -2.08. The average Bonchev–Trinajstić information content (AvgIpc) is 2.54. The first-order valence-electron chi connectivity index (χ1n) is 5.65. The number of aryl methyl sites for hydroxylation is 1. The first-order chi connectivity index (χ1) is 8.04. The number of aromatic nitrogens is 2. The van der Waals surface area contributed by atoms with Crippen molar-refractivity contribution in [3.05, 3.63) is 39.6 Å². The number of nitrogens with two attached hydrogens (primary N) is 1. The van der Waals surface area contributed by atoms with Crippen LogP contribution in [0.15, 0.2) is 22.7 Å². The molecular formula is C13H16BrN3. The molecule has 0 amide bonds. The topological polar surface area (TPSA) is 43.8 Å². The van der Waals surface area contributed by atoms with Gasteiger partial charge < -0.3 is 5.73 Å². The monoisotopic (exact) mass is 293 g/mol. The number of nitrogens with zero attached hydrogens (tertiary/aromatic N) is 2. The molecule has 0 fully saturated rings. The van der Waals surface area contributed by atoms with Gasteiger partial charge in [0.05, 0.1) is 17.1 Å². The molecule has 1 heterocycles. The number of halogens is 1. The van der Waals surface area contributed by atoms with Crippen LogP contribution in [0, 0.1) is 13.8 Å². The Morgan fingerprint density at radius 1 is 1.35 bits per heavy atom. The van der Waals surface area contributed by atoms with Crippen LogP contribution in [0.25, 0.3) is 5.69 Å². The second-order valence-corrected chi connectivity index (χ2v) is 5.03. The highest BCUT2D eigenvalue weighted by atomic mass is 79.9. The molecule has 0 saturated heterocycles. The summed E-state index contributed by atoms with van der Waals surface area (Å²) in [6.07, 6.45) is 0.994. The van der Waals surface area contributed by atoms with Crippen LogP contribution < -0.4 is 5.73 Å². The summed E-state index contributed by atoms with van der Waals surface area (Å²) in [6.45, 7) is 6.27. The van der Waals surface area contributed by atoms with Gasteiger partial charge in [0.2, 0.25) is 0 Å². The van der Waals surface area contributed by atoms with E-state index in [9.17, 15) is 0 Å². The van der Waals surface area contributed by atoms with E-state index in [1.165, 1.54) is 11.3 Å².